The van der Waals surface area contributed by atoms with Gasteiger partial charge in [0.25, 0.3) is 0 Å². The number of nitrogens with one attached hydrogen (secondary N) is 1. The number of benzene rings is 2. The standard InChI is InChI=1S/C24H21N5OS/c1-14-5-4-6-17(11-14)18-9-10-25-23-22(18)16(3)28-29(23)13-21(30)27-24-26-19-8-7-15(2)12-20(19)31-24/h4-12H,13H2,1-3H3,(H,26,27,30). The molecule has 3 aromatic heterocycles. The zero-order valence-corrected chi connectivity index (χ0v) is 18.3. The minimum absolute atomic E-state index is 0.0730. The first kappa shape index (κ1) is 19.4. The minimum Gasteiger partial charge on any atom is -0.300 e. The SMILES string of the molecule is Cc1cccc(-c2ccnc3c2c(C)nn3CC(=O)Nc2nc3ccc(C)cc3s2)c1. The summed E-state index contributed by atoms with van der Waals surface area (Å²) in [5.41, 5.74) is 6.98. The molecular formula is C24H21N5OS. The summed E-state index contributed by atoms with van der Waals surface area (Å²) < 4.78 is 2.72. The molecule has 0 spiro atoms. The first-order valence-electron chi connectivity index (χ1n) is 10.0. The highest BCUT2D eigenvalue weighted by atomic mass is 32.1. The van der Waals surface area contributed by atoms with E-state index in [1.54, 1.807) is 10.9 Å². The molecule has 31 heavy (non-hydrogen) atoms. The first-order chi connectivity index (χ1) is 15.0. The number of nitrogens with zero attached hydrogens (tertiary/aromatic N) is 4. The lowest BCUT2D eigenvalue weighted by molar-refractivity contribution is -0.116. The molecule has 6 nitrogen and oxygen atoms in total. The Morgan fingerprint density at radius 2 is 1.90 bits per heavy atom. The number of fused-ring (bicyclic) bond motifs is 2. The number of pyridine rings is 1. The number of anilines is 1. The number of aromatic nitrogens is 4. The molecule has 0 radical (unpaired) electrons. The quantitative estimate of drug-likeness (QED) is 0.424. The lowest BCUT2D eigenvalue weighted by Gasteiger charge is -2.06. The average molecular weight is 428 g/mol. The van der Waals surface area contributed by atoms with E-state index in [9.17, 15) is 4.79 Å². The molecule has 7 heteroatoms. The van der Waals surface area contributed by atoms with Gasteiger partial charge in [-0.3, -0.25) is 4.79 Å². The highest BCUT2D eigenvalue weighted by molar-refractivity contribution is 7.22. The highest BCUT2D eigenvalue weighted by Gasteiger charge is 2.17. The Hall–Kier alpha value is -3.58. The van der Waals surface area contributed by atoms with Gasteiger partial charge in [0.05, 0.1) is 15.9 Å². The summed E-state index contributed by atoms with van der Waals surface area (Å²) in [6, 6.07) is 16.4. The molecule has 2 aromatic carbocycles. The molecule has 154 valence electrons. The van der Waals surface area contributed by atoms with Crippen LogP contribution in [0.4, 0.5) is 5.13 Å². The van der Waals surface area contributed by atoms with Crippen LogP contribution >= 0.6 is 11.3 Å². The zero-order valence-electron chi connectivity index (χ0n) is 17.5. The van der Waals surface area contributed by atoms with Crippen LogP contribution in [-0.4, -0.2) is 25.7 Å². The maximum absolute atomic E-state index is 12.7. The zero-order chi connectivity index (χ0) is 21.5. The van der Waals surface area contributed by atoms with E-state index in [4.69, 9.17) is 0 Å². The maximum Gasteiger partial charge on any atom is 0.247 e. The topological polar surface area (TPSA) is 72.7 Å². The lowest BCUT2D eigenvalue weighted by atomic mass is 10.0. The Morgan fingerprint density at radius 1 is 1.06 bits per heavy atom. The van der Waals surface area contributed by atoms with E-state index in [1.165, 1.54) is 22.5 Å². The largest absolute Gasteiger partial charge is 0.300 e. The second-order valence-electron chi connectivity index (χ2n) is 7.71. The van der Waals surface area contributed by atoms with Gasteiger partial charge in [-0.2, -0.15) is 5.10 Å². The number of amides is 1. The fourth-order valence-corrected chi connectivity index (χ4v) is 4.81. The van der Waals surface area contributed by atoms with Crippen molar-refractivity contribution < 1.29 is 4.79 Å². The van der Waals surface area contributed by atoms with Gasteiger partial charge in [-0.05, 0) is 55.7 Å². The van der Waals surface area contributed by atoms with Gasteiger partial charge in [-0.15, -0.1) is 0 Å². The van der Waals surface area contributed by atoms with Gasteiger partial charge in [0, 0.05) is 11.6 Å². The molecule has 0 saturated heterocycles. The molecule has 5 rings (SSSR count). The van der Waals surface area contributed by atoms with Crippen molar-refractivity contribution in [2.45, 2.75) is 27.3 Å². The van der Waals surface area contributed by atoms with Crippen LogP contribution in [0.1, 0.15) is 16.8 Å². The van der Waals surface area contributed by atoms with Crippen molar-refractivity contribution in [2.24, 2.45) is 0 Å². The van der Waals surface area contributed by atoms with Gasteiger partial charge in [0.15, 0.2) is 10.8 Å². The normalized spacial score (nSPS) is 11.3. The summed E-state index contributed by atoms with van der Waals surface area (Å²) in [7, 11) is 0. The van der Waals surface area contributed by atoms with Crippen LogP contribution in [0.3, 0.4) is 0 Å². The third-order valence-electron chi connectivity index (χ3n) is 5.22. The van der Waals surface area contributed by atoms with Crippen LogP contribution in [0, 0.1) is 20.8 Å². The number of thiazole rings is 1. The molecule has 3 heterocycles. The van der Waals surface area contributed by atoms with Gasteiger partial charge in [-0.1, -0.05) is 47.2 Å². The van der Waals surface area contributed by atoms with Crippen molar-refractivity contribution in [3.8, 4) is 11.1 Å². The molecule has 0 aliphatic rings. The van der Waals surface area contributed by atoms with E-state index < -0.39 is 0 Å². The van der Waals surface area contributed by atoms with E-state index >= 15 is 0 Å². The predicted octanol–water partition coefficient (Wildman–Crippen LogP) is 5.27. The molecule has 0 atom stereocenters. The summed E-state index contributed by atoms with van der Waals surface area (Å²) in [6.07, 6.45) is 1.77. The smallest absolute Gasteiger partial charge is 0.247 e. The first-order valence-corrected chi connectivity index (χ1v) is 10.9. The van der Waals surface area contributed by atoms with Crippen molar-refractivity contribution in [3.05, 3.63) is 71.5 Å². The third kappa shape index (κ3) is 3.68. The van der Waals surface area contributed by atoms with E-state index in [-0.39, 0.29) is 12.5 Å². The fourth-order valence-electron chi connectivity index (χ4n) is 3.83. The molecule has 0 bridgehead atoms. The minimum atomic E-state index is -0.178. The second kappa shape index (κ2) is 7.59. The maximum atomic E-state index is 12.7. The second-order valence-corrected chi connectivity index (χ2v) is 8.74. The summed E-state index contributed by atoms with van der Waals surface area (Å²) >= 11 is 1.47. The molecule has 0 fully saturated rings. The predicted molar refractivity (Wildman–Crippen MR) is 125 cm³/mol. The summed E-state index contributed by atoms with van der Waals surface area (Å²) in [5.74, 6) is -0.178. The van der Waals surface area contributed by atoms with Crippen LogP contribution < -0.4 is 5.32 Å². The van der Waals surface area contributed by atoms with Crippen LogP contribution in [0.2, 0.25) is 0 Å². The molecule has 0 unspecified atom stereocenters. The van der Waals surface area contributed by atoms with Crippen molar-refractivity contribution in [1.29, 1.82) is 0 Å². The Balaban J connectivity index is 1.45. The third-order valence-corrected chi connectivity index (χ3v) is 6.15. The van der Waals surface area contributed by atoms with E-state index in [0.29, 0.717) is 10.8 Å². The summed E-state index contributed by atoms with van der Waals surface area (Å²) in [4.78, 5) is 21.8. The van der Waals surface area contributed by atoms with Crippen molar-refractivity contribution in [2.75, 3.05) is 5.32 Å². The molecule has 1 N–H and O–H groups in total. The number of rotatable bonds is 4. The summed E-state index contributed by atoms with van der Waals surface area (Å²) in [6.45, 7) is 6.14. The van der Waals surface area contributed by atoms with Crippen LogP contribution in [0.15, 0.2) is 54.7 Å². The number of hydrogen-bond donors (Lipinski definition) is 1. The Bertz CT molecular complexity index is 1450. The van der Waals surface area contributed by atoms with Gasteiger partial charge < -0.3 is 5.32 Å². The van der Waals surface area contributed by atoms with Crippen molar-refractivity contribution >= 4 is 43.6 Å². The lowest BCUT2D eigenvalue weighted by Crippen LogP contribution is -2.19. The molecule has 0 aliphatic heterocycles. The number of carbonyl (C=O) groups excluding carboxylic acids is 1. The van der Waals surface area contributed by atoms with Crippen LogP contribution in [0.5, 0.6) is 0 Å². The van der Waals surface area contributed by atoms with E-state index in [1.807, 2.05) is 38.1 Å². The Labute approximate surface area is 183 Å². The molecule has 0 saturated carbocycles. The van der Waals surface area contributed by atoms with Crippen LogP contribution in [0.25, 0.3) is 32.4 Å². The Kier molecular flexibility index (Phi) is 4.75. The van der Waals surface area contributed by atoms with E-state index in [0.717, 1.165) is 32.4 Å². The number of hydrogen-bond acceptors (Lipinski definition) is 5. The fraction of sp³-hybridized carbons (Fsp3) is 0.167. The average Bonchev–Trinajstić information content (AvgIpc) is 3.27. The number of aryl methyl sites for hydroxylation is 3. The van der Waals surface area contributed by atoms with Crippen molar-refractivity contribution in [1.82, 2.24) is 19.7 Å². The van der Waals surface area contributed by atoms with Crippen molar-refractivity contribution in [3.63, 3.8) is 0 Å². The highest BCUT2D eigenvalue weighted by Crippen LogP contribution is 2.30. The van der Waals surface area contributed by atoms with Gasteiger partial charge >= 0.3 is 0 Å². The van der Waals surface area contributed by atoms with E-state index in [2.05, 4.69) is 51.6 Å². The number of carbonyl (C=O) groups is 1. The van der Waals surface area contributed by atoms with Crippen LogP contribution in [-0.2, 0) is 11.3 Å². The van der Waals surface area contributed by atoms with Gasteiger partial charge in [-0.25, -0.2) is 14.6 Å². The summed E-state index contributed by atoms with van der Waals surface area (Å²) in [5, 5.41) is 9.08. The van der Waals surface area contributed by atoms with Gasteiger partial charge in [0.1, 0.15) is 6.54 Å². The monoisotopic (exact) mass is 427 g/mol. The Morgan fingerprint density at radius 3 is 2.74 bits per heavy atom. The molecule has 0 aliphatic carbocycles. The molecule has 5 aromatic rings. The van der Waals surface area contributed by atoms with Gasteiger partial charge in [0.2, 0.25) is 5.91 Å². The molecular weight excluding hydrogens is 406 g/mol. The molecule has 1 amide bonds.